The highest BCUT2D eigenvalue weighted by Crippen LogP contribution is 2.36. The van der Waals surface area contributed by atoms with Crippen LogP contribution in [0, 0.1) is 0 Å². The molecule has 0 saturated carbocycles. The first-order valence-corrected chi connectivity index (χ1v) is 12.6. The number of hydrogen-bond acceptors (Lipinski definition) is 3. The molecule has 4 nitrogen and oxygen atoms in total. The second-order valence-corrected chi connectivity index (χ2v) is 9.17. The molecule has 4 aromatic rings. The van der Waals surface area contributed by atoms with Gasteiger partial charge < -0.3 is 9.64 Å². The fourth-order valence-corrected chi connectivity index (χ4v) is 4.14. The Bertz CT molecular complexity index is 1250. The van der Waals surface area contributed by atoms with Crippen LogP contribution in [0.4, 0.5) is 21.9 Å². The summed E-state index contributed by atoms with van der Waals surface area (Å²) in [6.45, 7) is 7.52. The summed E-state index contributed by atoms with van der Waals surface area (Å²) in [7, 11) is 0. The fourth-order valence-electron chi connectivity index (χ4n) is 4.14. The van der Waals surface area contributed by atoms with Gasteiger partial charge in [-0.2, -0.15) is 0 Å². The molecule has 0 aliphatic heterocycles. The van der Waals surface area contributed by atoms with Crippen molar-refractivity contribution in [3.8, 4) is 11.1 Å². The van der Waals surface area contributed by atoms with E-state index in [-0.39, 0.29) is 0 Å². The van der Waals surface area contributed by atoms with Gasteiger partial charge in [0.2, 0.25) is 0 Å². The third kappa shape index (κ3) is 6.33. The summed E-state index contributed by atoms with van der Waals surface area (Å²) >= 11 is 0. The highest BCUT2D eigenvalue weighted by Gasteiger charge is 2.16. The predicted molar refractivity (Wildman–Crippen MR) is 150 cm³/mol. The largest absolute Gasteiger partial charge is 0.449 e. The Labute approximate surface area is 214 Å². The summed E-state index contributed by atoms with van der Waals surface area (Å²) in [5.41, 5.74) is 7.40. The number of hydrogen-bond donors (Lipinski definition) is 1. The van der Waals surface area contributed by atoms with Crippen LogP contribution in [-0.4, -0.2) is 12.7 Å². The van der Waals surface area contributed by atoms with Gasteiger partial charge in [0.1, 0.15) is 0 Å². The minimum absolute atomic E-state index is 0.391. The average molecular weight is 479 g/mol. The molecule has 36 heavy (non-hydrogen) atoms. The first kappa shape index (κ1) is 25.1. The lowest BCUT2D eigenvalue weighted by atomic mass is 10.0. The third-order valence-corrected chi connectivity index (χ3v) is 6.13. The summed E-state index contributed by atoms with van der Waals surface area (Å²) in [6, 6.07) is 35.5. The van der Waals surface area contributed by atoms with Crippen molar-refractivity contribution in [3.05, 3.63) is 114 Å². The van der Waals surface area contributed by atoms with Crippen LogP contribution >= 0.6 is 0 Å². The van der Waals surface area contributed by atoms with Gasteiger partial charge in [0, 0.05) is 23.5 Å². The molecular formula is C32H34N2O2. The predicted octanol–water partition coefficient (Wildman–Crippen LogP) is 8.77. The van der Waals surface area contributed by atoms with Crippen molar-refractivity contribution in [1.29, 1.82) is 0 Å². The maximum absolute atomic E-state index is 12.4. The molecule has 0 aromatic heterocycles. The van der Waals surface area contributed by atoms with Crippen LogP contribution in [0.2, 0.25) is 0 Å². The van der Waals surface area contributed by atoms with Crippen LogP contribution in [0.5, 0.6) is 0 Å². The Balaban J connectivity index is 1.73. The van der Waals surface area contributed by atoms with E-state index in [9.17, 15) is 4.79 Å². The summed E-state index contributed by atoms with van der Waals surface area (Å²) in [5, 5.41) is 2.94. The average Bonchev–Trinajstić information content (AvgIpc) is 2.92. The lowest BCUT2D eigenvalue weighted by Gasteiger charge is -2.27. The Morgan fingerprint density at radius 1 is 0.833 bits per heavy atom. The Morgan fingerprint density at radius 2 is 1.50 bits per heavy atom. The molecule has 0 saturated heterocycles. The van der Waals surface area contributed by atoms with Crippen molar-refractivity contribution in [3.63, 3.8) is 0 Å². The quantitative estimate of drug-likeness (QED) is 0.261. The normalized spacial score (nSPS) is 10.8. The van der Waals surface area contributed by atoms with E-state index in [4.69, 9.17) is 4.74 Å². The molecule has 1 amide bonds. The number of nitrogens with one attached hydrogen (secondary N) is 1. The van der Waals surface area contributed by atoms with Crippen molar-refractivity contribution in [1.82, 2.24) is 0 Å². The zero-order chi connectivity index (χ0) is 25.3. The minimum atomic E-state index is -0.438. The van der Waals surface area contributed by atoms with E-state index in [0.29, 0.717) is 12.5 Å². The van der Waals surface area contributed by atoms with Gasteiger partial charge in [0.25, 0.3) is 0 Å². The zero-order valence-electron chi connectivity index (χ0n) is 21.3. The minimum Gasteiger partial charge on any atom is -0.449 e. The lowest BCUT2D eigenvalue weighted by Crippen LogP contribution is -2.18. The highest BCUT2D eigenvalue weighted by atomic mass is 16.5. The Kier molecular flexibility index (Phi) is 8.40. The highest BCUT2D eigenvalue weighted by molar-refractivity contribution is 5.93. The molecule has 0 aliphatic rings. The number of rotatable bonds is 9. The topological polar surface area (TPSA) is 41.6 Å². The van der Waals surface area contributed by atoms with Crippen LogP contribution in [0.25, 0.3) is 11.1 Å². The van der Waals surface area contributed by atoms with E-state index in [2.05, 4.69) is 96.9 Å². The van der Waals surface area contributed by atoms with E-state index < -0.39 is 6.09 Å². The first-order valence-electron chi connectivity index (χ1n) is 12.6. The number of ether oxygens (including phenoxy) is 1. The molecular weight excluding hydrogens is 444 g/mol. The Morgan fingerprint density at radius 3 is 2.14 bits per heavy atom. The van der Waals surface area contributed by atoms with Gasteiger partial charge in [-0.25, -0.2) is 4.79 Å². The van der Waals surface area contributed by atoms with Gasteiger partial charge in [-0.1, -0.05) is 93.6 Å². The molecule has 0 bridgehead atoms. The number of amides is 1. The fraction of sp³-hybridized carbons (Fsp3) is 0.219. The van der Waals surface area contributed by atoms with E-state index in [1.54, 1.807) is 0 Å². The second-order valence-electron chi connectivity index (χ2n) is 9.17. The van der Waals surface area contributed by atoms with Gasteiger partial charge in [-0.05, 0) is 59.4 Å². The van der Waals surface area contributed by atoms with Gasteiger partial charge >= 0.3 is 6.09 Å². The van der Waals surface area contributed by atoms with Crippen molar-refractivity contribution in [2.75, 3.05) is 16.8 Å². The molecule has 0 spiro atoms. The smallest absolute Gasteiger partial charge is 0.411 e. The van der Waals surface area contributed by atoms with Crippen molar-refractivity contribution < 1.29 is 9.53 Å². The number of nitrogens with zero attached hydrogens (tertiary/aromatic N) is 1. The monoisotopic (exact) mass is 478 g/mol. The van der Waals surface area contributed by atoms with Gasteiger partial charge in [0.05, 0.1) is 12.3 Å². The van der Waals surface area contributed by atoms with Crippen LogP contribution in [0.1, 0.15) is 44.2 Å². The summed E-state index contributed by atoms with van der Waals surface area (Å²) < 4.78 is 5.28. The second kappa shape index (κ2) is 12.1. The van der Waals surface area contributed by atoms with Gasteiger partial charge in [-0.3, -0.25) is 5.32 Å². The first-order chi connectivity index (χ1) is 17.5. The van der Waals surface area contributed by atoms with E-state index in [1.165, 1.54) is 11.1 Å². The van der Waals surface area contributed by atoms with E-state index >= 15 is 0 Å². The molecule has 4 rings (SSSR count). The summed E-state index contributed by atoms with van der Waals surface area (Å²) in [5.74, 6) is 0.502. The maximum atomic E-state index is 12.4. The van der Waals surface area contributed by atoms with E-state index in [0.717, 1.165) is 41.2 Å². The number of carbonyl (C=O) groups excluding carboxylic acids is 1. The Hall–Kier alpha value is -4.05. The lowest BCUT2D eigenvalue weighted by molar-refractivity contribution is 0.161. The number of anilines is 3. The number of para-hydroxylation sites is 1. The van der Waals surface area contributed by atoms with Gasteiger partial charge in [-0.15, -0.1) is 0 Å². The third-order valence-electron chi connectivity index (χ3n) is 6.13. The van der Waals surface area contributed by atoms with Crippen LogP contribution in [0.15, 0.2) is 103 Å². The summed E-state index contributed by atoms with van der Waals surface area (Å²) in [6.07, 6.45) is 0.342. The molecule has 184 valence electrons. The molecule has 1 N–H and O–H groups in total. The van der Waals surface area contributed by atoms with Crippen molar-refractivity contribution in [2.24, 2.45) is 0 Å². The molecule has 0 fully saturated rings. The molecule has 0 aliphatic carbocycles. The molecule has 4 aromatic carbocycles. The van der Waals surface area contributed by atoms with Crippen LogP contribution in [-0.2, 0) is 11.3 Å². The SMILES string of the molecule is CCCOC(=O)Nc1ccc(N(Cc2ccc(C(C)C)cc2)c2ccccc2)cc1-c1ccccc1. The van der Waals surface area contributed by atoms with Crippen LogP contribution < -0.4 is 10.2 Å². The standard InChI is InChI=1S/C32H34N2O2/c1-4-21-36-32(35)33-31-20-19-29(22-30(31)27-11-7-5-8-12-27)34(28-13-9-6-10-14-28)23-25-15-17-26(18-16-25)24(2)3/h5-20,22,24H,4,21,23H2,1-3H3,(H,33,35). The number of carbonyl (C=O) groups is 1. The molecule has 0 unspecified atom stereocenters. The molecule has 0 heterocycles. The maximum Gasteiger partial charge on any atom is 0.411 e. The molecule has 4 heteroatoms. The van der Waals surface area contributed by atoms with Crippen molar-refractivity contribution in [2.45, 2.75) is 39.7 Å². The molecule has 0 radical (unpaired) electrons. The van der Waals surface area contributed by atoms with Crippen LogP contribution in [0.3, 0.4) is 0 Å². The van der Waals surface area contributed by atoms with Gasteiger partial charge in [0.15, 0.2) is 0 Å². The van der Waals surface area contributed by atoms with Crippen molar-refractivity contribution >= 4 is 23.2 Å². The zero-order valence-corrected chi connectivity index (χ0v) is 21.3. The number of benzene rings is 4. The summed E-state index contributed by atoms with van der Waals surface area (Å²) in [4.78, 5) is 14.7. The molecule has 0 atom stereocenters. The van der Waals surface area contributed by atoms with E-state index in [1.807, 2.05) is 37.3 Å².